The number of nitrogens with zero attached hydrogens (tertiary/aromatic N) is 1. The van der Waals surface area contributed by atoms with Crippen molar-refractivity contribution in [3.8, 4) is 0 Å². The Morgan fingerprint density at radius 2 is 2.17 bits per heavy atom. The number of anilines is 1. The summed E-state index contributed by atoms with van der Waals surface area (Å²) in [5.41, 5.74) is 7.75. The average molecular weight is 267 g/mol. The van der Waals surface area contributed by atoms with Gasteiger partial charge in [0, 0.05) is 25.6 Å². The molecule has 3 unspecified atom stereocenters. The quantitative estimate of drug-likeness (QED) is 0.861. The van der Waals surface area contributed by atoms with E-state index >= 15 is 0 Å². The third-order valence-electron chi connectivity index (χ3n) is 4.41. The molecule has 1 saturated carbocycles. The summed E-state index contributed by atoms with van der Waals surface area (Å²) < 4.78 is 0. The largest absolute Gasteiger partial charge is 0.393 e. The fourth-order valence-electron chi connectivity index (χ4n) is 3.37. The topological polar surface area (TPSA) is 49.5 Å². The standard InChI is InChI=1S/C14H19ClN2O/c15-12-5-9(6-16)1-3-13(12)17-7-10-2-4-14(18)11(10)8-17/h1,3,5,10-11,14,18H,2,4,6-8,16H2. The van der Waals surface area contributed by atoms with Crippen LogP contribution in [0.4, 0.5) is 5.69 Å². The highest BCUT2D eigenvalue weighted by Crippen LogP contribution is 2.41. The van der Waals surface area contributed by atoms with Crippen LogP contribution < -0.4 is 10.6 Å². The zero-order valence-corrected chi connectivity index (χ0v) is 11.1. The lowest BCUT2D eigenvalue weighted by molar-refractivity contribution is 0.133. The molecule has 0 amide bonds. The van der Waals surface area contributed by atoms with Crippen molar-refractivity contribution in [2.75, 3.05) is 18.0 Å². The Balaban J connectivity index is 1.80. The van der Waals surface area contributed by atoms with Crippen LogP contribution in [0.2, 0.25) is 5.02 Å². The lowest BCUT2D eigenvalue weighted by atomic mass is 10.00. The van der Waals surface area contributed by atoms with E-state index in [1.807, 2.05) is 12.1 Å². The van der Waals surface area contributed by atoms with Crippen LogP contribution in [0.1, 0.15) is 18.4 Å². The van der Waals surface area contributed by atoms with Crippen LogP contribution in [0.15, 0.2) is 18.2 Å². The van der Waals surface area contributed by atoms with Gasteiger partial charge in [-0.15, -0.1) is 0 Å². The van der Waals surface area contributed by atoms with Gasteiger partial charge in [0.05, 0.1) is 16.8 Å². The van der Waals surface area contributed by atoms with Crippen molar-refractivity contribution in [2.45, 2.75) is 25.5 Å². The van der Waals surface area contributed by atoms with Gasteiger partial charge in [-0.2, -0.15) is 0 Å². The Morgan fingerprint density at radius 1 is 1.33 bits per heavy atom. The van der Waals surface area contributed by atoms with Crippen LogP contribution in [-0.4, -0.2) is 24.3 Å². The summed E-state index contributed by atoms with van der Waals surface area (Å²) in [6.07, 6.45) is 1.98. The van der Waals surface area contributed by atoms with Gasteiger partial charge in [0.25, 0.3) is 0 Å². The zero-order valence-electron chi connectivity index (χ0n) is 10.3. The van der Waals surface area contributed by atoms with Gasteiger partial charge in [-0.3, -0.25) is 0 Å². The number of aliphatic hydroxyl groups excluding tert-OH is 1. The molecule has 1 saturated heterocycles. The van der Waals surface area contributed by atoms with Crippen molar-refractivity contribution in [1.29, 1.82) is 0 Å². The van der Waals surface area contributed by atoms with Crippen LogP contribution in [0.25, 0.3) is 0 Å². The molecule has 1 heterocycles. The van der Waals surface area contributed by atoms with E-state index in [0.29, 0.717) is 18.4 Å². The van der Waals surface area contributed by atoms with E-state index in [4.69, 9.17) is 17.3 Å². The highest BCUT2D eigenvalue weighted by molar-refractivity contribution is 6.33. The van der Waals surface area contributed by atoms with Gasteiger partial charge >= 0.3 is 0 Å². The third-order valence-corrected chi connectivity index (χ3v) is 4.71. The van der Waals surface area contributed by atoms with Crippen molar-refractivity contribution < 1.29 is 5.11 Å². The number of hydrogen-bond acceptors (Lipinski definition) is 3. The van der Waals surface area contributed by atoms with E-state index in [-0.39, 0.29) is 6.10 Å². The molecule has 1 aliphatic heterocycles. The van der Waals surface area contributed by atoms with Crippen LogP contribution in [0.3, 0.4) is 0 Å². The minimum absolute atomic E-state index is 0.123. The molecule has 0 spiro atoms. The molecule has 3 rings (SSSR count). The van der Waals surface area contributed by atoms with Crippen LogP contribution in [0.5, 0.6) is 0 Å². The molecule has 0 aromatic heterocycles. The Bertz CT molecular complexity index is 451. The monoisotopic (exact) mass is 266 g/mol. The van der Waals surface area contributed by atoms with Crippen molar-refractivity contribution in [3.05, 3.63) is 28.8 Å². The van der Waals surface area contributed by atoms with Crippen molar-refractivity contribution in [3.63, 3.8) is 0 Å². The first-order valence-corrected chi connectivity index (χ1v) is 6.98. The normalized spacial score (nSPS) is 30.8. The summed E-state index contributed by atoms with van der Waals surface area (Å²) in [7, 11) is 0. The molecule has 1 aliphatic carbocycles. The van der Waals surface area contributed by atoms with Gasteiger partial charge in [-0.05, 0) is 36.5 Å². The molecule has 0 radical (unpaired) electrons. The van der Waals surface area contributed by atoms with Gasteiger partial charge in [-0.25, -0.2) is 0 Å². The summed E-state index contributed by atoms with van der Waals surface area (Å²) in [5.74, 6) is 1.06. The second-order valence-electron chi connectivity index (χ2n) is 5.46. The van der Waals surface area contributed by atoms with E-state index in [9.17, 15) is 5.11 Å². The molecule has 18 heavy (non-hydrogen) atoms. The number of halogens is 1. The fourth-order valence-corrected chi connectivity index (χ4v) is 3.69. The molecule has 3 N–H and O–H groups in total. The lowest BCUT2D eigenvalue weighted by Gasteiger charge is -2.22. The summed E-state index contributed by atoms with van der Waals surface area (Å²) in [5, 5.41) is 10.7. The van der Waals surface area contributed by atoms with Crippen LogP contribution >= 0.6 is 11.6 Å². The van der Waals surface area contributed by atoms with Crippen LogP contribution in [-0.2, 0) is 6.54 Å². The Kier molecular flexibility index (Phi) is 3.22. The van der Waals surface area contributed by atoms with E-state index in [2.05, 4.69) is 11.0 Å². The maximum atomic E-state index is 9.94. The minimum atomic E-state index is -0.123. The molecule has 3 nitrogen and oxygen atoms in total. The number of aliphatic hydroxyl groups is 1. The van der Waals surface area contributed by atoms with Gasteiger partial charge in [0.15, 0.2) is 0 Å². The van der Waals surface area contributed by atoms with E-state index in [0.717, 1.165) is 42.2 Å². The molecule has 98 valence electrons. The van der Waals surface area contributed by atoms with Gasteiger partial charge < -0.3 is 15.7 Å². The molecule has 3 atom stereocenters. The van der Waals surface area contributed by atoms with Crippen molar-refractivity contribution in [2.24, 2.45) is 17.6 Å². The number of fused-ring (bicyclic) bond motifs is 1. The first-order valence-electron chi connectivity index (χ1n) is 6.60. The number of rotatable bonds is 2. The summed E-state index contributed by atoms with van der Waals surface area (Å²) >= 11 is 6.32. The maximum Gasteiger partial charge on any atom is 0.0642 e. The predicted molar refractivity (Wildman–Crippen MR) is 73.8 cm³/mol. The first kappa shape index (κ1) is 12.3. The fraction of sp³-hybridized carbons (Fsp3) is 0.571. The molecule has 1 aromatic carbocycles. The smallest absolute Gasteiger partial charge is 0.0642 e. The SMILES string of the molecule is NCc1ccc(N2CC3CCC(O)C3C2)c(Cl)c1. The molecular weight excluding hydrogens is 248 g/mol. The predicted octanol–water partition coefficient (Wildman–Crippen LogP) is 2.01. The Hall–Kier alpha value is -0.770. The molecule has 4 heteroatoms. The highest BCUT2D eigenvalue weighted by atomic mass is 35.5. The van der Waals surface area contributed by atoms with Crippen molar-refractivity contribution in [1.82, 2.24) is 0 Å². The van der Waals surface area contributed by atoms with Crippen LogP contribution in [0, 0.1) is 11.8 Å². The zero-order chi connectivity index (χ0) is 12.7. The van der Waals surface area contributed by atoms with Gasteiger partial charge in [0.1, 0.15) is 0 Å². The van der Waals surface area contributed by atoms with Gasteiger partial charge in [-0.1, -0.05) is 17.7 Å². The minimum Gasteiger partial charge on any atom is -0.393 e. The molecule has 2 aliphatic rings. The van der Waals surface area contributed by atoms with E-state index < -0.39 is 0 Å². The first-order chi connectivity index (χ1) is 8.69. The van der Waals surface area contributed by atoms with Gasteiger partial charge in [0.2, 0.25) is 0 Å². The summed E-state index contributed by atoms with van der Waals surface area (Å²) in [6.45, 7) is 2.46. The lowest BCUT2D eigenvalue weighted by Crippen LogP contribution is -2.24. The third kappa shape index (κ3) is 2.00. The Morgan fingerprint density at radius 3 is 2.83 bits per heavy atom. The average Bonchev–Trinajstić information content (AvgIpc) is 2.92. The summed E-state index contributed by atoms with van der Waals surface area (Å²) in [6, 6.07) is 6.03. The molecule has 1 aromatic rings. The van der Waals surface area contributed by atoms with Crippen molar-refractivity contribution >= 4 is 17.3 Å². The number of benzene rings is 1. The summed E-state index contributed by atoms with van der Waals surface area (Å²) in [4.78, 5) is 2.31. The second kappa shape index (κ2) is 4.72. The molecular formula is C14H19ClN2O. The number of hydrogen-bond donors (Lipinski definition) is 2. The van der Waals surface area contributed by atoms with E-state index in [1.54, 1.807) is 0 Å². The van der Waals surface area contributed by atoms with E-state index in [1.165, 1.54) is 0 Å². The number of nitrogens with two attached hydrogens (primary N) is 1. The maximum absolute atomic E-state index is 9.94. The highest BCUT2D eigenvalue weighted by Gasteiger charge is 2.42. The molecule has 0 bridgehead atoms. The Labute approximate surface area is 113 Å². The molecule has 2 fully saturated rings. The second-order valence-corrected chi connectivity index (χ2v) is 5.87.